The number of pyridine rings is 1. The number of methoxy groups -OCH3 is 1. The molecule has 1 N–H and O–H groups in total. The van der Waals surface area contributed by atoms with Crippen LogP contribution in [0.2, 0.25) is 0 Å². The van der Waals surface area contributed by atoms with Crippen LogP contribution in [0.5, 0.6) is 5.88 Å². The molecular weight excluding hydrogens is 212 g/mol. The lowest BCUT2D eigenvalue weighted by Gasteiger charge is -2.20. The molecule has 3 heteroatoms. The Hall–Kier alpha value is -1.09. The van der Waals surface area contributed by atoms with Crippen molar-refractivity contribution in [1.82, 2.24) is 10.3 Å². The largest absolute Gasteiger partial charge is 0.481 e. The molecule has 0 aliphatic heterocycles. The maximum atomic E-state index is 5.12. The van der Waals surface area contributed by atoms with Crippen molar-refractivity contribution in [2.24, 2.45) is 5.92 Å². The normalized spacial score (nSPS) is 18.2. The second-order valence-corrected chi connectivity index (χ2v) is 4.89. The minimum atomic E-state index is 0.588. The van der Waals surface area contributed by atoms with Gasteiger partial charge in [0.2, 0.25) is 5.88 Å². The van der Waals surface area contributed by atoms with Crippen LogP contribution in [0.25, 0.3) is 0 Å². The molecule has 1 fully saturated rings. The lowest BCUT2D eigenvalue weighted by molar-refractivity contribution is 0.373. The summed E-state index contributed by atoms with van der Waals surface area (Å²) in [4.78, 5) is 4.41. The third kappa shape index (κ3) is 3.43. The van der Waals surface area contributed by atoms with Gasteiger partial charge in [-0.05, 0) is 31.7 Å². The van der Waals surface area contributed by atoms with E-state index in [2.05, 4.69) is 17.2 Å². The lowest BCUT2D eigenvalue weighted by Crippen LogP contribution is -2.32. The van der Waals surface area contributed by atoms with Crippen molar-refractivity contribution >= 4 is 0 Å². The van der Waals surface area contributed by atoms with Gasteiger partial charge in [0, 0.05) is 18.7 Å². The Morgan fingerprint density at radius 1 is 1.41 bits per heavy atom. The van der Waals surface area contributed by atoms with E-state index in [1.165, 1.54) is 25.7 Å². The summed E-state index contributed by atoms with van der Waals surface area (Å²) < 4.78 is 5.12. The molecule has 94 valence electrons. The highest BCUT2D eigenvalue weighted by Gasteiger charge is 2.20. The highest BCUT2D eigenvalue weighted by molar-refractivity contribution is 5.15. The van der Waals surface area contributed by atoms with Crippen molar-refractivity contribution in [3.8, 4) is 5.88 Å². The first-order chi connectivity index (χ1) is 8.29. The van der Waals surface area contributed by atoms with Crippen molar-refractivity contribution in [2.75, 3.05) is 7.11 Å². The molecule has 1 heterocycles. The van der Waals surface area contributed by atoms with Gasteiger partial charge in [-0.25, -0.2) is 4.98 Å². The molecule has 0 aromatic carbocycles. The van der Waals surface area contributed by atoms with Crippen LogP contribution in [0.3, 0.4) is 0 Å². The van der Waals surface area contributed by atoms with Crippen LogP contribution in [0.4, 0.5) is 0 Å². The quantitative estimate of drug-likeness (QED) is 0.850. The number of aromatic nitrogens is 1. The van der Waals surface area contributed by atoms with Crippen LogP contribution in [-0.4, -0.2) is 18.1 Å². The summed E-state index contributed by atoms with van der Waals surface area (Å²) in [5, 5.41) is 3.57. The fourth-order valence-electron chi connectivity index (χ4n) is 2.56. The summed E-state index contributed by atoms with van der Waals surface area (Å²) in [5.74, 6) is 1.54. The fourth-order valence-corrected chi connectivity index (χ4v) is 2.56. The SMILES string of the molecule is COc1cccc(CNC(C)C2CCCC2)n1. The van der Waals surface area contributed by atoms with E-state index in [4.69, 9.17) is 4.74 Å². The molecule has 2 rings (SSSR count). The standard InChI is InChI=1S/C14H22N2O/c1-11(12-6-3-4-7-12)15-10-13-8-5-9-14(16-13)17-2/h5,8-9,11-12,15H,3-4,6-7,10H2,1-2H3. The summed E-state index contributed by atoms with van der Waals surface area (Å²) in [6.45, 7) is 3.12. The average Bonchev–Trinajstić information content (AvgIpc) is 2.90. The number of hydrogen-bond acceptors (Lipinski definition) is 3. The molecule has 1 aromatic rings. The van der Waals surface area contributed by atoms with Crippen LogP contribution in [-0.2, 0) is 6.54 Å². The summed E-state index contributed by atoms with van der Waals surface area (Å²) in [6.07, 6.45) is 5.54. The molecule has 1 saturated carbocycles. The highest BCUT2D eigenvalue weighted by atomic mass is 16.5. The van der Waals surface area contributed by atoms with Crippen molar-refractivity contribution in [3.05, 3.63) is 23.9 Å². The highest BCUT2D eigenvalue weighted by Crippen LogP contribution is 2.27. The molecule has 0 saturated heterocycles. The Labute approximate surface area is 104 Å². The fraction of sp³-hybridized carbons (Fsp3) is 0.643. The molecule has 1 aliphatic rings. The second kappa shape index (κ2) is 6.01. The Balaban J connectivity index is 1.83. The molecule has 1 atom stereocenters. The molecule has 0 bridgehead atoms. The first-order valence-electron chi connectivity index (χ1n) is 6.53. The number of nitrogens with one attached hydrogen (secondary N) is 1. The lowest BCUT2D eigenvalue weighted by atomic mass is 10.00. The molecular formula is C14H22N2O. The minimum absolute atomic E-state index is 0.588. The van der Waals surface area contributed by atoms with Gasteiger partial charge in [-0.1, -0.05) is 18.9 Å². The van der Waals surface area contributed by atoms with E-state index in [0.717, 1.165) is 18.2 Å². The molecule has 17 heavy (non-hydrogen) atoms. The van der Waals surface area contributed by atoms with Crippen molar-refractivity contribution in [2.45, 2.75) is 45.2 Å². The van der Waals surface area contributed by atoms with Crippen LogP contribution < -0.4 is 10.1 Å². The third-order valence-corrected chi connectivity index (χ3v) is 3.70. The van der Waals surface area contributed by atoms with Crippen molar-refractivity contribution in [3.63, 3.8) is 0 Å². The summed E-state index contributed by atoms with van der Waals surface area (Å²) >= 11 is 0. The van der Waals surface area contributed by atoms with Gasteiger partial charge in [0.05, 0.1) is 12.8 Å². The topological polar surface area (TPSA) is 34.1 Å². The zero-order valence-corrected chi connectivity index (χ0v) is 10.8. The van der Waals surface area contributed by atoms with Crippen LogP contribution in [0, 0.1) is 5.92 Å². The first-order valence-corrected chi connectivity index (χ1v) is 6.53. The maximum absolute atomic E-state index is 5.12. The second-order valence-electron chi connectivity index (χ2n) is 4.89. The molecule has 1 aliphatic carbocycles. The number of nitrogens with zero attached hydrogens (tertiary/aromatic N) is 1. The Morgan fingerprint density at radius 2 is 2.18 bits per heavy atom. The number of hydrogen-bond donors (Lipinski definition) is 1. The Morgan fingerprint density at radius 3 is 2.88 bits per heavy atom. The van der Waals surface area contributed by atoms with Gasteiger partial charge in [0.15, 0.2) is 0 Å². The van der Waals surface area contributed by atoms with Gasteiger partial charge in [0.1, 0.15) is 0 Å². The first kappa shape index (κ1) is 12.4. The summed E-state index contributed by atoms with van der Waals surface area (Å²) in [6, 6.07) is 6.50. The van der Waals surface area contributed by atoms with Crippen LogP contribution in [0.1, 0.15) is 38.3 Å². The predicted octanol–water partition coefficient (Wildman–Crippen LogP) is 2.76. The van der Waals surface area contributed by atoms with Crippen LogP contribution in [0.15, 0.2) is 18.2 Å². The Kier molecular flexibility index (Phi) is 4.37. The van der Waals surface area contributed by atoms with Gasteiger partial charge in [-0.15, -0.1) is 0 Å². The van der Waals surface area contributed by atoms with E-state index < -0.39 is 0 Å². The van der Waals surface area contributed by atoms with Crippen LogP contribution >= 0.6 is 0 Å². The maximum Gasteiger partial charge on any atom is 0.213 e. The molecule has 0 radical (unpaired) electrons. The summed E-state index contributed by atoms with van der Waals surface area (Å²) in [7, 11) is 1.65. The van der Waals surface area contributed by atoms with E-state index in [-0.39, 0.29) is 0 Å². The van der Waals surface area contributed by atoms with Gasteiger partial charge in [0.25, 0.3) is 0 Å². The van der Waals surface area contributed by atoms with Gasteiger partial charge < -0.3 is 10.1 Å². The third-order valence-electron chi connectivity index (χ3n) is 3.70. The van der Waals surface area contributed by atoms with E-state index in [0.29, 0.717) is 11.9 Å². The average molecular weight is 234 g/mol. The number of ether oxygens (including phenoxy) is 1. The van der Waals surface area contributed by atoms with E-state index >= 15 is 0 Å². The van der Waals surface area contributed by atoms with E-state index in [1.54, 1.807) is 7.11 Å². The van der Waals surface area contributed by atoms with Gasteiger partial charge >= 0.3 is 0 Å². The number of rotatable bonds is 5. The van der Waals surface area contributed by atoms with E-state index in [9.17, 15) is 0 Å². The van der Waals surface area contributed by atoms with E-state index in [1.807, 2.05) is 18.2 Å². The molecule has 3 nitrogen and oxygen atoms in total. The van der Waals surface area contributed by atoms with Crippen molar-refractivity contribution in [1.29, 1.82) is 0 Å². The van der Waals surface area contributed by atoms with Crippen molar-refractivity contribution < 1.29 is 4.74 Å². The molecule has 0 spiro atoms. The zero-order chi connectivity index (χ0) is 12.1. The zero-order valence-electron chi connectivity index (χ0n) is 10.8. The van der Waals surface area contributed by atoms with Gasteiger partial charge in [-0.2, -0.15) is 0 Å². The molecule has 1 unspecified atom stereocenters. The summed E-state index contributed by atoms with van der Waals surface area (Å²) in [5.41, 5.74) is 1.05. The Bertz CT molecular complexity index is 348. The van der Waals surface area contributed by atoms with Gasteiger partial charge in [-0.3, -0.25) is 0 Å². The minimum Gasteiger partial charge on any atom is -0.481 e. The predicted molar refractivity (Wildman–Crippen MR) is 69.0 cm³/mol. The molecule has 1 aromatic heterocycles. The molecule has 0 amide bonds. The monoisotopic (exact) mass is 234 g/mol. The smallest absolute Gasteiger partial charge is 0.213 e.